The molecule has 0 aliphatic carbocycles. The van der Waals surface area contributed by atoms with Crippen molar-refractivity contribution in [2.75, 3.05) is 11.9 Å². The summed E-state index contributed by atoms with van der Waals surface area (Å²) >= 11 is 0. The average molecular weight is 651 g/mol. The molecule has 5 aromatic heterocycles. The predicted octanol–water partition coefficient (Wildman–Crippen LogP) is 5.49. The van der Waals surface area contributed by atoms with Gasteiger partial charge >= 0.3 is 11.9 Å². The van der Waals surface area contributed by atoms with Crippen molar-refractivity contribution < 1.29 is 33.8 Å². The molecule has 0 atom stereocenters. The summed E-state index contributed by atoms with van der Waals surface area (Å²) in [5.41, 5.74) is 1.62. The number of nitrogens with one attached hydrogen (secondary N) is 1. The normalized spacial score (nSPS) is 10.4. The molecule has 13 heteroatoms. The fourth-order valence-electron chi connectivity index (χ4n) is 3.74. The van der Waals surface area contributed by atoms with E-state index < -0.39 is 23.1 Å². The van der Waals surface area contributed by atoms with Gasteiger partial charge in [-0.2, -0.15) is 0 Å². The Morgan fingerprint density at radius 1 is 0.771 bits per heavy atom. The maximum atomic E-state index is 11.9. The highest BCUT2D eigenvalue weighted by Crippen LogP contribution is 2.22. The van der Waals surface area contributed by atoms with Gasteiger partial charge in [0.1, 0.15) is 11.5 Å². The Morgan fingerprint density at radius 2 is 1.42 bits per heavy atom. The van der Waals surface area contributed by atoms with Crippen molar-refractivity contribution in [1.82, 2.24) is 24.9 Å². The first kappa shape index (κ1) is 36.2. The minimum absolute atomic E-state index is 0.00981. The summed E-state index contributed by atoms with van der Waals surface area (Å²) in [4.78, 5) is 77.6. The molecule has 0 aliphatic rings. The first-order valence-corrected chi connectivity index (χ1v) is 14.6. The second kappa shape index (κ2) is 16.9. The van der Waals surface area contributed by atoms with Crippen molar-refractivity contribution in [1.29, 1.82) is 0 Å². The SMILES string of the molecule is CC(=O)c1ccccn1.CCOC(=O)C(=O)c1cccnc1NC(=O)C(C)(C)C.O=C(O)c1cc(-c2ccccn2)nc2ncccc12. The number of Topliss-reactive ketones (excluding diaryl/α,β-unsaturated/α-hetero) is 2. The highest BCUT2D eigenvalue weighted by atomic mass is 16.5. The van der Waals surface area contributed by atoms with E-state index in [2.05, 4.69) is 35.0 Å². The molecule has 5 rings (SSSR count). The first-order valence-electron chi connectivity index (χ1n) is 14.6. The number of hydrogen-bond acceptors (Lipinski definition) is 11. The number of ketones is 2. The van der Waals surface area contributed by atoms with Gasteiger partial charge in [-0.15, -0.1) is 0 Å². The number of carbonyl (C=O) groups is 5. The summed E-state index contributed by atoms with van der Waals surface area (Å²) in [5.74, 6) is -3.02. The minimum atomic E-state index is -1.00. The highest BCUT2D eigenvalue weighted by Gasteiger charge is 2.26. The molecule has 13 nitrogen and oxygen atoms in total. The van der Waals surface area contributed by atoms with Gasteiger partial charge < -0.3 is 15.2 Å². The van der Waals surface area contributed by atoms with Crippen molar-refractivity contribution in [3.05, 3.63) is 108 Å². The zero-order valence-corrected chi connectivity index (χ0v) is 27.0. The summed E-state index contributed by atoms with van der Waals surface area (Å²) < 4.78 is 4.66. The lowest BCUT2D eigenvalue weighted by atomic mass is 9.95. The summed E-state index contributed by atoms with van der Waals surface area (Å²) in [6.45, 7) is 8.42. The van der Waals surface area contributed by atoms with Crippen LogP contribution < -0.4 is 5.32 Å². The van der Waals surface area contributed by atoms with E-state index in [0.29, 0.717) is 28.1 Å². The van der Waals surface area contributed by atoms with Crippen LogP contribution in [0.25, 0.3) is 22.4 Å². The molecule has 5 heterocycles. The Morgan fingerprint density at radius 3 is 1.98 bits per heavy atom. The van der Waals surface area contributed by atoms with Crippen LogP contribution in [0.1, 0.15) is 65.8 Å². The quantitative estimate of drug-likeness (QED) is 0.128. The number of anilines is 1. The van der Waals surface area contributed by atoms with Crippen LogP contribution in [-0.2, 0) is 14.3 Å². The number of pyridine rings is 5. The molecule has 0 radical (unpaired) electrons. The molecular weight excluding hydrogens is 616 g/mol. The topological polar surface area (TPSA) is 191 Å². The minimum Gasteiger partial charge on any atom is -0.478 e. The summed E-state index contributed by atoms with van der Waals surface area (Å²) in [6, 6.07) is 18.5. The lowest BCUT2D eigenvalue weighted by Crippen LogP contribution is -2.29. The maximum absolute atomic E-state index is 11.9. The van der Waals surface area contributed by atoms with E-state index in [1.807, 2.05) is 6.07 Å². The van der Waals surface area contributed by atoms with Crippen LogP contribution in [-0.4, -0.2) is 66.0 Å². The summed E-state index contributed by atoms with van der Waals surface area (Å²) in [7, 11) is 0. The molecule has 0 saturated heterocycles. The molecule has 0 spiro atoms. The smallest absolute Gasteiger partial charge is 0.379 e. The number of hydrogen-bond donors (Lipinski definition) is 2. The Labute approximate surface area is 276 Å². The van der Waals surface area contributed by atoms with Crippen molar-refractivity contribution >= 4 is 46.3 Å². The van der Waals surface area contributed by atoms with Crippen molar-refractivity contribution in [3.63, 3.8) is 0 Å². The van der Waals surface area contributed by atoms with Crippen molar-refractivity contribution in [2.24, 2.45) is 5.41 Å². The van der Waals surface area contributed by atoms with Gasteiger partial charge in [-0.3, -0.25) is 24.4 Å². The van der Waals surface area contributed by atoms with E-state index in [9.17, 15) is 29.1 Å². The third-order valence-corrected chi connectivity index (χ3v) is 6.19. The number of fused-ring (bicyclic) bond motifs is 1. The van der Waals surface area contributed by atoms with Crippen LogP contribution in [0.15, 0.2) is 91.5 Å². The van der Waals surface area contributed by atoms with E-state index in [1.165, 1.54) is 31.3 Å². The van der Waals surface area contributed by atoms with Crippen LogP contribution in [0.5, 0.6) is 0 Å². The molecule has 48 heavy (non-hydrogen) atoms. The summed E-state index contributed by atoms with van der Waals surface area (Å²) in [6.07, 6.45) is 6.26. The molecule has 0 bridgehead atoms. The third-order valence-electron chi connectivity index (χ3n) is 6.19. The molecule has 0 fully saturated rings. The van der Waals surface area contributed by atoms with Gasteiger partial charge in [0, 0.05) is 42.5 Å². The van der Waals surface area contributed by atoms with Gasteiger partial charge in [0.15, 0.2) is 11.4 Å². The number of aromatic nitrogens is 5. The largest absolute Gasteiger partial charge is 0.478 e. The summed E-state index contributed by atoms with van der Waals surface area (Å²) in [5, 5.41) is 12.4. The molecule has 0 aliphatic heterocycles. The Balaban J connectivity index is 0.000000209. The second-order valence-electron chi connectivity index (χ2n) is 10.9. The van der Waals surface area contributed by atoms with Crippen LogP contribution >= 0.6 is 0 Å². The number of amides is 1. The molecular formula is C35H34N6O7. The molecule has 246 valence electrons. The molecule has 0 unspecified atom stereocenters. The van der Waals surface area contributed by atoms with Gasteiger partial charge in [0.05, 0.1) is 29.1 Å². The van der Waals surface area contributed by atoms with E-state index >= 15 is 0 Å². The van der Waals surface area contributed by atoms with Crippen molar-refractivity contribution in [3.8, 4) is 11.4 Å². The lowest BCUT2D eigenvalue weighted by molar-refractivity contribution is -0.137. The van der Waals surface area contributed by atoms with Gasteiger partial charge in [-0.1, -0.05) is 32.9 Å². The Bertz CT molecular complexity index is 1910. The van der Waals surface area contributed by atoms with Gasteiger partial charge in [-0.25, -0.2) is 24.5 Å². The third kappa shape index (κ3) is 10.1. The fourth-order valence-corrected chi connectivity index (χ4v) is 3.74. The standard InChI is InChI=1S/C14H9N3O2.C14H18N2O4.C7H7NO/c18-14(19)10-8-12(11-5-1-2-6-15-11)17-13-9(10)4-3-7-16-13;1-5-20-12(18)10(17)9-7-6-8-15-11(9)16-13(19)14(2,3)4;1-6(9)7-4-2-3-5-8-7/h1-8H,(H,18,19);6-8H,5H2,1-4H3,(H,15,16,19);2-5H,1H3. The van der Waals surface area contributed by atoms with Gasteiger partial charge in [0.25, 0.3) is 5.78 Å². The fraction of sp³-hybridized carbons (Fsp3) is 0.200. The lowest BCUT2D eigenvalue weighted by Gasteiger charge is -2.18. The molecule has 2 N–H and O–H groups in total. The van der Waals surface area contributed by atoms with E-state index in [1.54, 1.807) is 88.8 Å². The van der Waals surface area contributed by atoms with E-state index in [4.69, 9.17) is 0 Å². The highest BCUT2D eigenvalue weighted by molar-refractivity contribution is 6.41. The van der Waals surface area contributed by atoms with Crippen molar-refractivity contribution in [2.45, 2.75) is 34.6 Å². The Hall–Kier alpha value is -6.24. The maximum Gasteiger partial charge on any atom is 0.379 e. The average Bonchev–Trinajstić information content (AvgIpc) is 3.08. The zero-order chi connectivity index (χ0) is 35.3. The monoisotopic (exact) mass is 650 g/mol. The zero-order valence-electron chi connectivity index (χ0n) is 27.0. The van der Waals surface area contributed by atoms with Crippen LogP contribution in [0.2, 0.25) is 0 Å². The number of carboxylic acids is 1. The van der Waals surface area contributed by atoms with E-state index in [0.717, 1.165) is 0 Å². The number of aromatic carboxylic acids is 1. The Kier molecular flexibility index (Phi) is 12.8. The number of nitrogens with zero attached hydrogens (tertiary/aromatic N) is 5. The van der Waals surface area contributed by atoms with E-state index in [-0.39, 0.29) is 35.2 Å². The number of carbonyl (C=O) groups excluding carboxylic acids is 4. The second-order valence-corrected chi connectivity index (χ2v) is 10.9. The number of carboxylic acid groups (broad SMARTS) is 1. The molecule has 0 aromatic carbocycles. The molecule has 5 aromatic rings. The predicted molar refractivity (Wildman–Crippen MR) is 177 cm³/mol. The van der Waals surface area contributed by atoms with Crippen LogP contribution in [0, 0.1) is 5.41 Å². The number of rotatable bonds is 7. The number of ether oxygens (including phenoxy) is 1. The van der Waals surface area contributed by atoms with Gasteiger partial charge in [0.2, 0.25) is 5.91 Å². The first-order chi connectivity index (χ1) is 22.8. The van der Waals surface area contributed by atoms with Crippen LogP contribution in [0.4, 0.5) is 5.82 Å². The molecule has 1 amide bonds. The van der Waals surface area contributed by atoms with Crippen LogP contribution in [0.3, 0.4) is 0 Å². The molecule has 0 saturated carbocycles. The number of esters is 1. The van der Waals surface area contributed by atoms with Gasteiger partial charge in [-0.05, 0) is 61.5 Å².